The van der Waals surface area contributed by atoms with Crippen molar-refractivity contribution in [3.05, 3.63) is 35.9 Å². The fourth-order valence-electron chi connectivity index (χ4n) is 3.81. The molecule has 0 radical (unpaired) electrons. The third-order valence-electron chi connectivity index (χ3n) is 5.08. The molecule has 0 atom stereocenters. The lowest BCUT2D eigenvalue weighted by Gasteiger charge is -2.34. The van der Waals surface area contributed by atoms with Gasteiger partial charge >= 0.3 is 0 Å². The Morgan fingerprint density at radius 3 is 2.25 bits per heavy atom. The van der Waals surface area contributed by atoms with Gasteiger partial charge in [-0.15, -0.1) is 0 Å². The highest BCUT2D eigenvalue weighted by Gasteiger charge is 2.23. The molecule has 2 heteroatoms. The molecule has 0 bridgehead atoms. The van der Waals surface area contributed by atoms with Crippen LogP contribution in [0.25, 0.3) is 0 Å². The SMILES string of the molecule is c1ccc(CN2CCC(CC3CCNCC3)CC2)cc1. The largest absolute Gasteiger partial charge is 0.317 e. The summed E-state index contributed by atoms with van der Waals surface area (Å²) in [4.78, 5) is 2.63. The fraction of sp³-hybridized carbons (Fsp3) is 0.667. The van der Waals surface area contributed by atoms with Gasteiger partial charge in [-0.1, -0.05) is 30.3 Å². The van der Waals surface area contributed by atoms with Crippen molar-refractivity contribution in [2.75, 3.05) is 26.2 Å². The first-order valence-electron chi connectivity index (χ1n) is 8.37. The summed E-state index contributed by atoms with van der Waals surface area (Å²) >= 11 is 0. The van der Waals surface area contributed by atoms with Crippen molar-refractivity contribution in [3.63, 3.8) is 0 Å². The third kappa shape index (κ3) is 4.07. The molecular weight excluding hydrogens is 244 g/mol. The van der Waals surface area contributed by atoms with Crippen molar-refractivity contribution < 1.29 is 0 Å². The Kier molecular flexibility index (Phi) is 5.10. The van der Waals surface area contributed by atoms with E-state index in [1.807, 2.05) is 0 Å². The number of rotatable bonds is 4. The molecule has 2 nitrogen and oxygen atoms in total. The molecule has 110 valence electrons. The summed E-state index contributed by atoms with van der Waals surface area (Å²) in [6, 6.07) is 10.9. The van der Waals surface area contributed by atoms with Gasteiger partial charge in [-0.05, 0) is 75.7 Å². The highest BCUT2D eigenvalue weighted by atomic mass is 15.1. The first-order valence-corrected chi connectivity index (χ1v) is 8.37. The van der Waals surface area contributed by atoms with E-state index in [0.29, 0.717) is 0 Å². The second-order valence-electron chi connectivity index (χ2n) is 6.63. The van der Waals surface area contributed by atoms with Gasteiger partial charge in [0.05, 0.1) is 0 Å². The quantitative estimate of drug-likeness (QED) is 0.905. The van der Waals surface area contributed by atoms with E-state index in [9.17, 15) is 0 Å². The van der Waals surface area contributed by atoms with Crippen molar-refractivity contribution in [2.24, 2.45) is 11.8 Å². The van der Waals surface area contributed by atoms with Crippen molar-refractivity contribution in [1.82, 2.24) is 10.2 Å². The topological polar surface area (TPSA) is 15.3 Å². The van der Waals surface area contributed by atoms with E-state index in [2.05, 4.69) is 40.5 Å². The highest BCUT2D eigenvalue weighted by Crippen LogP contribution is 2.28. The van der Waals surface area contributed by atoms with Gasteiger partial charge in [0.1, 0.15) is 0 Å². The highest BCUT2D eigenvalue weighted by molar-refractivity contribution is 5.14. The van der Waals surface area contributed by atoms with Crippen molar-refractivity contribution >= 4 is 0 Å². The third-order valence-corrected chi connectivity index (χ3v) is 5.08. The lowest BCUT2D eigenvalue weighted by Crippen LogP contribution is -2.35. The fourth-order valence-corrected chi connectivity index (χ4v) is 3.81. The van der Waals surface area contributed by atoms with E-state index < -0.39 is 0 Å². The van der Waals surface area contributed by atoms with Crippen LogP contribution < -0.4 is 5.32 Å². The van der Waals surface area contributed by atoms with Gasteiger partial charge in [0.15, 0.2) is 0 Å². The van der Waals surface area contributed by atoms with Crippen molar-refractivity contribution in [3.8, 4) is 0 Å². The van der Waals surface area contributed by atoms with Crippen LogP contribution in [0, 0.1) is 11.8 Å². The maximum Gasteiger partial charge on any atom is 0.0233 e. The number of hydrogen-bond donors (Lipinski definition) is 1. The minimum Gasteiger partial charge on any atom is -0.317 e. The predicted octanol–water partition coefficient (Wildman–Crippen LogP) is 3.29. The number of hydrogen-bond acceptors (Lipinski definition) is 2. The van der Waals surface area contributed by atoms with Gasteiger partial charge in [-0.2, -0.15) is 0 Å². The van der Waals surface area contributed by atoms with Crippen LogP contribution in [-0.2, 0) is 6.54 Å². The van der Waals surface area contributed by atoms with Crippen LogP contribution in [0.4, 0.5) is 0 Å². The van der Waals surface area contributed by atoms with Gasteiger partial charge in [-0.3, -0.25) is 4.90 Å². The summed E-state index contributed by atoms with van der Waals surface area (Å²) in [7, 11) is 0. The van der Waals surface area contributed by atoms with Crippen LogP contribution in [0.15, 0.2) is 30.3 Å². The van der Waals surface area contributed by atoms with E-state index >= 15 is 0 Å². The normalized spacial score (nSPS) is 23.0. The van der Waals surface area contributed by atoms with Crippen LogP contribution in [0.1, 0.15) is 37.7 Å². The molecule has 1 N–H and O–H groups in total. The molecule has 0 spiro atoms. The lowest BCUT2D eigenvalue weighted by molar-refractivity contribution is 0.154. The van der Waals surface area contributed by atoms with Crippen LogP contribution >= 0.6 is 0 Å². The number of likely N-dealkylation sites (tertiary alicyclic amines) is 1. The molecule has 2 heterocycles. The summed E-state index contributed by atoms with van der Waals surface area (Å²) in [5, 5.41) is 3.48. The smallest absolute Gasteiger partial charge is 0.0233 e. The Morgan fingerprint density at radius 1 is 0.900 bits per heavy atom. The van der Waals surface area contributed by atoms with Crippen molar-refractivity contribution in [1.29, 1.82) is 0 Å². The molecule has 20 heavy (non-hydrogen) atoms. The summed E-state index contributed by atoms with van der Waals surface area (Å²) in [6.45, 7) is 6.23. The minimum atomic E-state index is 0.991. The molecule has 0 amide bonds. The second-order valence-corrected chi connectivity index (χ2v) is 6.63. The molecule has 2 aliphatic rings. The van der Waals surface area contributed by atoms with Crippen LogP contribution in [0.5, 0.6) is 0 Å². The molecule has 0 saturated carbocycles. The number of nitrogens with zero attached hydrogens (tertiary/aromatic N) is 1. The molecule has 1 aromatic carbocycles. The van der Waals surface area contributed by atoms with Crippen LogP contribution in [0.3, 0.4) is 0 Å². The van der Waals surface area contributed by atoms with Gasteiger partial charge in [0.25, 0.3) is 0 Å². The van der Waals surface area contributed by atoms with E-state index in [4.69, 9.17) is 0 Å². The standard InChI is InChI=1S/C18H28N2/c1-2-4-18(5-3-1)15-20-12-8-17(9-13-20)14-16-6-10-19-11-7-16/h1-5,16-17,19H,6-15H2. The first-order chi connectivity index (χ1) is 9.90. The molecule has 2 aliphatic heterocycles. The summed E-state index contributed by atoms with van der Waals surface area (Å²) in [6.07, 6.45) is 7.13. The maximum absolute atomic E-state index is 3.48. The van der Waals surface area contributed by atoms with Crippen molar-refractivity contribution in [2.45, 2.75) is 38.6 Å². The average Bonchev–Trinajstić information content (AvgIpc) is 2.51. The van der Waals surface area contributed by atoms with Gasteiger partial charge in [0, 0.05) is 6.54 Å². The molecule has 0 aromatic heterocycles. The van der Waals surface area contributed by atoms with Gasteiger partial charge in [0.2, 0.25) is 0 Å². The van der Waals surface area contributed by atoms with E-state index in [0.717, 1.165) is 18.4 Å². The molecule has 1 aromatic rings. The number of nitrogens with one attached hydrogen (secondary N) is 1. The lowest BCUT2D eigenvalue weighted by atomic mass is 9.83. The zero-order chi connectivity index (χ0) is 13.6. The monoisotopic (exact) mass is 272 g/mol. The predicted molar refractivity (Wildman–Crippen MR) is 84.7 cm³/mol. The Hall–Kier alpha value is -0.860. The zero-order valence-corrected chi connectivity index (χ0v) is 12.6. The van der Waals surface area contributed by atoms with E-state index in [-0.39, 0.29) is 0 Å². The Balaban J connectivity index is 1.40. The van der Waals surface area contributed by atoms with E-state index in [1.54, 1.807) is 0 Å². The summed E-state index contributed by atoms with van der Waals surface area (Å²) in [5.41, 5.74) is 1.46. The second kappa shape index (κ2) is 7.24. The van der Waals surface area contributed by atoms with Crippen LogP contribution in [-0.4, -0.2) is 31.1 Å². The molecule has 2 fully saturated rings. The summed E-state index contributed by atoms with van der Waals surface area (Å²) < 4.78 is 0. The molecule has 0 unspecified atom stereocenters. The number of piperidine rings is 2. The average molecular weight is 272 g/mol. The van der Waals surface area contributed by atoms with Gasteiger partial charge in [-0.25, -0.2) is 0 Å². The molecule has 2 saturated heterocycles. The Bertz CT molecular complexity index is 376. The van der Waals surface area contributed by atoms with E-state index in [1.165, 1.54) is 63.8 Å². The molecular formula is C18H28N2. The number of benzene rings is 1. The molecule has 3 rings (SSSR count). The zero-order valence-electron chi connectivity index (χ0n) is 12.6. The minimum absolute atomic E-state index is 0.991. The Labute approximate surface area is 123 Å². The molecule has 0 aliphatic carbocycles. The maximum atomic E-state index is 3.48. The van der Waals surface area contributed by atoms with Gasteiger partial charge < -0.3 is 5.32 Å². The Morgan fingerprint density at radius 2 is 1.55 bits per heavy atom. The van der Waals surface area contributed by atoms with Crippen LogP contribution in [0.2, 0.25) is 0 Å². The first kappa shape index (κ1) is 14.1. The summed E-state index contributed by atoms with van der Waals surface area (Å²) in [5.74, 6) is 1.99.